The van der Waals surface area contributed by atoms with Crippen molar-refractivity contribution >= 4 is 45.2 Å². The maximum Gasteiger partial charge on any atom is 0.266 e. The SMILES string of the molecule is Cc1ccc(Cl)cc1NC(=O)/C(C#N)=C/c1cc(Br)ccc1OCc1cccc(F)c1. The number of anilines is 1. The number of carbonyl (C=O) groups excluding carboxylic acids is 1. The molecule has 3 rings (SSSR count). The first kappa shape index (κ1) is 22.5. The summed E-state index contributed by atoms with van der Waals surface area (Å²) >= 11 is 9.39. The van der Waals surface area contributed by atoms with Gasteiger partial charge in [0.15, 0.2) is 0 Å². The third kappa shape index (κ3) is 6.17. The summed E-state index contributed by atoms with van der Waals surface area (Å²) in [7, 11) is 0. The first-order valence-electron chi connectivity index (χ1n) is 9.22. The zero-order valence-corrected chi connectivity index (χ0v) is 18.8. The largest absolute Gasteiger partial charge is 0.488 e. The minimum absolute atomic E-state index is 0.104. The monoisotopic (exact) mass is 498 g/mol. The fraction of sp³-hybridized carbons (Fsp3) is 0.0833. The maximum absolute atomic E-state index is 13.4. The smallest absolute Gasteiger partial charge is 0.266 e. The summed E-state index contributed by atoms with van der Waals surface area (Å²) < 4.78 is 20.0. The zero-order valence-electron chi connectivity index (χ0n) is 16.5. The standard InChI is InChI=1S/C24H17BrClFN2O2/c1-15-5-7-20(26)12-22(15)29-24(30)18(13-28)10-17-11-19(25)6-8-23(17)31-14-16-3-2-4-21(27)9-16/h2-12H,14H2,1H3,(H,29,30)/b18-10+. The molecule has 0 radical (unpaired) electrons. The lowest BCUT2D eigenvalue weighted by Crippen LogP contribution is -2.14. The molecule has 3 aromatic carbocycles. The Labute approximate surface area is 193 Å². The third-order valence-corrected chi connectivity index (χ3v) is 5.10. The van der Waals surface area contributed by atoms with E-state index in [0.717, 1.165) is 10.0 Å². The Morgan fingerprint density at radius 1 is 1.23 bits per heavy atom. The van der Waals surface area contributed by atoms with E-state index in [9.17, 15) is 14.4 Å². The molecule has 31 heavy (non-hydrogen) atoms. The van der Waals surface area contributed by atoms with Crippen LogP contribution in [-0.4, -0.2) is 5.91 Å². The van der Waals surface area contributed by atoms with Gasteiger partial charge in [0.1, 0.15) is 29.8 Å². The van der Waals surface area contributed by atoms with Gasteiger partial charge in [-0.1, -0.05) is 45.7 Å². The first-order valence-corrected chi connectivity index (χ1v) is 10.4. The predicted molar refractivity (Wildman–Crippen MR) is 123 cm³/mol. The average molecular weight is 500 g/mol. The second kappa shape index (κ2) is 10.3. The summed E-state index contributed by atoms with van der Waals surface area (Å²) in [6.45, 7) is 1.96. The number of rotatable bonds is 6. The molecule has 0 saturated carbocycles. The zero-order chi connectivity index (χ0) is 22.4. The van der Waals surface area contributed by atoms with Crippen molar-refractivity contribution in [2.45, 2.75) is 13.5 Å². The number of benzene rings is 3. The van der Waals surface area contributed by atoms with E-state index in [1.54, 1.807) is 48.5 Å². The number of nitrogens with one attached hydrogen (secondary N) is 1. The van der Waals surface area contributed by atoms with Gasteiger partial charge in [-0.25, -0.2) is 4.39 Å². The lowest BCUT2D eigenvalue weighted by molar-refractivity contribution is -0.112. The minimum Gasteiger partial charge on any atom is -0.488 e. The van der Waals surface area contributed by atoms with E-state index in [4.69, 9.17) is 16.3 Å². The second-order valence-electron chi connectivity index (χ2n) is 6.68. The lowest BCUT2D eigenvalue weighted by atomic mass is 10.1. The Kier molecular flexibility index (Phi) is 7.45. The molecule has 0 unspecified atom stereocenters. The molecular weight excluding hydrogens is 483 g/mol. The van der Waals surface area contributed by atoms with Crippen molar-refractivity contribution in [2.24, 2.45) is 0 Å². The molecule has 0 aliphatic heterocycles. The highest BCUT2D eigenvalue weighted by Gasteiger charge is 2.13. The highest BCUT2D eigenvalue weighted by molar-refractivity contribution is 9.10. The topological polar surface area (TPSA) is 62.1 Å². The van der Waals surface area contributed by atoms with Gasteiger partial charge in [-0.3, -0.25) is 4.79 Å². The quantitative estimate of drug-likeness (QED) is 0.304. The molecule has 0 atom stereocenters. The number of hydrogen-bond acceptors (Lipinski definition) is 3. The third-order valence-electron chi connectivity index (χ3n) is 4.37. The van der Waals surface area contributed by atoms with Crippen molar-refractivity contribution in [1.82, 2.24) is 0 Å². The van der Waals surface area contributed by atoms with Crippen LogP contribution in [0, 0.1) is 24.1 Å². The van der Waals surface area contributed by atoms with Crippen LogP contribution in [-0.2, 0) is 11.4 Å². The Hall–Kier alpha value is -3.14. The van der Waals surface area contributed by atoms with Gasteiger partial charge in [0.05, 0.1) is 0 Å². The van der Waals surface area contributed by atoms with Crippen LogP contribution in [0.4, 0.5) is 10.1 Å². The van der Waals surface area contributed by atoms with Crippen LogP contribution in [0.1, 0.15) is 16.7 Å². The van der Waals surface area contributed by atoms with Crippen molar-refractivity contribution < 1.29 is 13.9 Å². The molecule has 7 heteroatoms. The predicted octanol–water partition coefficient (Wildman–Crippen LogP) is 6.67. The van der Waals surface area contributed by atoms with E-state index in [0.29, 0.717) is 27.6 Å². The molecule has 3 aromatic rings. The fourth-order valence-electron chi connectivity index (χ4n) is 2.77. The number of nitriles is 1. The second-order valence-corrected chi connectivity index (χ2v) is 8.04. The Bertz CT molecular complexity index is 1200. The molecule has 0 heterocycles. The van der Waals surface area contributed by atoms with Gasteiger partial charge in [0.25, 0.3) is 5.91 Å². The van der Waals surface area contributed by atoms with Gasteiger partial charge in [0.2, 0.25) is 0 Å². The minimum atomic E-state index is -0.566. The van der Waals surface area contributed by atoms with Crippen LogP contribution in [0.3, 0.4) is 0 Å². The molecule has 4 nitrogen and oxygen atoms in total. The van der Waals surface area contributed by atoms with Crippen LogP contribution >= 0.6 is 27.5 Å². The molecular formula is C24H17BrClFN2O2. The number of nitrogens with zero attached hydrogens (tertiary/aromatic N) is 1. The van der Waals surface area contributed by atoms with Gasteiger partial charge >= 0.3 is 0 Å². The number of amides is 1. The van der Waals surface area contributed by atoms with Gasteiger partial charge < -0.3 is 10.1 Å². The maximum atomic E-state index is 13.4. The Morgan fingerprint density at radius 2 is 2.03 bits per heavy atom. The molecule has 1 N–H and O–H groups in total. The fourth-order valence-corrected chi connectivity index (χ4v) is 3.32. The van der Waals surface area contributed by atoms with E-state index in [2.05, 4.69) is 21.2 Å². The van der Waals surface area contributed by atoms with E-state index in [1.807, 2.05) is 13.0 Å². The Morgan fingerprint density at radius 3 is 2.77 bits per heavy atom. The van der Waals surface area contributed by atoms with Gasteiger partial charge in [-0.15, -0.1) is 0 Å². The number of aryl methyl sites for hydroxylation is 1. The van der Waals surface area contributed by atoms with Crippen LogP contribution in [0.2, 0.25) is 5.02 Å². The summed E-state index contributed by atoms with van der Waals surface area (Å²) in [5, 5.41) is 12.7. The number of carbonyl (C=O) groups is 1. The van der Waals surface area contributed by atoms with Gasteiger partial charge in [-0.2, -0.15) is 5.26 Å². The summed E-state index contributed by atoms with van der Waals surface area (Å²) in [5.41, 5.74) is 2.42. The van der Waals surface area contributed by atoms with Crippen molar-refractivity contribution in [1.29, 1.82) is 5.26 Å². The summed E-state index contributed by atoms with van der Waals surface area (Å²) in [4.78, 5) is 12.7. The molecule has 0 aromatic heterocycles. The van der Waals surface area contributed by atoms with Crippen LogP contribution < -0.4 is 10.1 Å². The molecule has 1 amide bonds. The van der Waals surface area contributed by atoms with Crippen molar-refractivity contribution in [3.05, 3.63) is 98.2 Å². The van der Waals surface area contributed by atoms with Crippen molar-refractivity contribution in [3.8, 4) is 11.8 Å². The molecule has 0 bridgehead atoms. The summed E-state index contributed by atoms with van der Waals surface area (Å²) in [5.74, 6) is -0.465. The molecule has 0 fully saturated rings. The molecule has 0 aliphatic rings. The molecule has 0 saturated heterocycles. The summed E-state index contributed by atoms with van der Waals surface area (Å²) in [6.07, 6.45) is 1.45. The highest BCUT2D eigenvalue weighted by atomic mass is 79.9. The van der Waals surface area contributed by atoms with E-state index in [1.165, 1.54) is 18.2 Å². The normalized spacial score (nSPS) is 11.0. The van der Waals surface area contributed by atoms with E-state index in [-0.39, 0.29) is 18.0 Å². The first-order chi connectivity index (χ1) is 14.9. The molecule has 0 aliphatic carbocycles. The van der Waals surface area contributed by atoms with Crippen LogP contribution in [0.15, 0.2) is 70.7 Å². The van der Waals surface area contributed by atoms with Gasteiger partial charge in [0, 0.05) is 20.7 Å². The number of hydrogen-bond donors (Lipinski definition) is 1. The number of ether oxygens (including phenoxy) is 1. The lowest BCUT2D eigenvalue weighted by Gasteiger charge is -2.11. The van der Waals surface area contributed by atoms with Crippen molar-refractivity contribution in [3.63, 3.8) is 0 Å². The molecule has 0 spiro atoms. The molecule has 156 valence electrons. The van der Waals surface area contributed by atoms with Crippen molar-refractivity contribution in [2.75, 3.05) is 5.32 Å². The Balaban J connectivity index is 1.85. The number of halogens is 3. The van der Waals surface area contributed by atoms with Gasteiger partial charge in [-0.05, 0) is 66.6 Å². The highest BCUT2D eigenvalue weighted by Crippen LogP contribution is 2.27. The van der Waals surface area contributed by atoms with Crippen LogP contribution in [0.25, 0.3) is 6.08 Å². The van der Waals surface area contributed by atoms with Crippen LogP contribution in [0.5, 0.6) is 5.75 Å². The van der Waals surface area contributed by atoms with E-state index >= 15 is 0 Å². The van der Waals surface area contributed by atoms with E-state index < -0.39 is 5.91 Å². The summed E-state index contributed by atoms with van der Waals surface area (Å²) in [6, 6.07) is 18.4. The average Bonchev–Trinajstić information content (AvgIpc) is 2.74.